The molecular formula is C11H11NaO3S. The first-order valence-electron chi connectivity index (χ1n) is 4.03. The van der Waals surface area contributed by atoms with Crippen LogP contribution in [0.3, 0.4) is 0 Å². The zero-order chi connectivity index (χ0) is 10.2. The van der Waals surface area contributed by atoms with Gasteiger partial charge in [-0.1, -0.05) is 43.8 Å². The minimum Gasteiger partial charge on any atom is -0.744 e. The van der Waals surface area contributed by atoms with Gasteiger partial charge in [0, 0.05) is 0 Å². The summed E-state index contributed by atoms with van der Waals surface area (Å²) in [6.07, 6.45) is 0. The molecule has 0 aromatic heterocycles. The summed E-state index contributed by atoms with van der Waals surface area (Å²) in [5, 5.41) is 1.23. The maximum atomic E-state index is 10.9. The van der Waals surface area contributed by atoms with E-state index in [9.17, 15) is 13.0 Å². The van der Waals surface area contributed by atoms with Crippen molar-refractivity contribution in [1.82, 2.24) is 0 Å². The first-order chi connectivity index (χ1) is 6.59. The van der Waals surface area contributed by atoms with E-state index in [0.29, 0.717) is 5.39 Å². The molecule has 16 heavy (non-hydrogen) atoms. The second-order valence-electron chi connectivity index (χ2n) is 2.93. The molecule has 2 aromatic carbocycles. The monoisotopic (exact) mass is 246 g/mol. The van der Waals surface area contributed by atoms with Crippen LogP contribution in [0.1, 0.15) is 7.43 Å². The molecular weight excluding hydrogens is 235 g/mol. The van der Waals surface area contributed by atoms with Crippen molar-refractivity contribution in [2.24, 2.45) is 0 Å². The van der Waals surface area contributed by atoms with Gasteiger partial charge in [-0.3, -0.25) is 0 Å². The van der Waals surface area contributed by atoms with E-state index in [1.54, 1.807) is 36.4 Å². The van der Waals surface area contributed by atoms with Crippen LogP contribution in [0, 0.1) is 0 Å². The zero-order valence-electron chi connectivity index (χ0n) is 8.17. The summed E-state index contributed by atoms with van der Waals surface area (Å²) in [4.78, 5) is -0.157. The van der Waals surface area contributed by atoms with Gasteiger partial charge in [0.05, 0.1) is 4.90 Å². The van der Waals surface area contributed by atoms with Gasteiger partial charge in [0.15, 0.2) is 0 Å². The van der Waals surface area contributed by atoms with Crippen LogP contribution < -0.4 is 29.6 Å². The van der Waals surface area contributed by atoms with Crippen LogP contribution in [0.15, 0.2) is 47.4 Å². The quantitative estimate of drug-likeness (QED) is 0.498. The summed E-state index contributed by atoms with van der Waals surface area (Å²) in [5.74, 6) is 0. The third-order valence-corrected chi connectivity index (χ3v) is 2.91. The Bertz CT molecular complexity index is 573. The molecule has 0 aliphatic heterocycles. The van der Waals surface area contributed by atoms with Gasteiger partial charge in [-0.05, 0) is 16.8 Å². The molecule has 3 nitrogen and oxygen atoms in total. The molecule has 0 amide bonds. The molecule has 0 aliphatic rings. The average Bonchev–Trinajstić information content (AvgIpc) is 2.15. The van der Waals surface area contributed by atoms with Crippen molar-refractivity contribution in [1.29, 1.82) is 0 Å². The molecule has 0 aliphatic carbocycles. The van der Waals surface area contributed by atoms with Crippen molar-refractivity contribution in [3.8, 4) is 0 Å². The summed E-state index contributed by atoms with van der Waals surface area (Å²) in [6.45, 7) is 0. The predicted octanol–water partition coefficient (Wildman–Crippen LogP) is -0.616. The molecule has 0 saturated heterocycles. The second-order valence-corrected chi connectivity index (χ2v) is 4.28. The van der Waals surface area contributed by atoms with Gasteiger partial charge >= 0.3 is 29.6 Å². The molecule has 0 saturated carbocycles. The van der Waals surface area contributed by atoms with Gasteiger partial charge in [-0.15, -0.1) is 0 Å². The molecule has 2 rings (SSSR count). The van der Waals surface area contributed by atoms with E-state index in [0.717, 1.165) is 5.39 Å². The van der Waals surface area contributed by atoms with Crippen molar-refractivity contribution in [2.45, 2.75) is 12.3 Å². The van der Waals surface area contributed by atoms with Crippen LogP contribution in [-0.4, -0.2) is 13.0 Å². The molecule has 5 heteroatoms. The van der Waals surface area contributed by atoms with Crippen LogP contribution in [0.2, 0.25) is 0 Å². The van der Waals surface area contributed by atoms with Crippen LogP contribution in [-0.2, 0) is 10.1 Å². The number of rotatable bonds is 1. The van der Waals surface area contributed by atoms with Crippen molar-refractivity contribution in [3.05, 3.63) is 42.5 Å². The topological polar surface area (TPSA) is 57.2 Å². The summed E-state index contributed by atoms with van der Waals surface area (Å²) in [7, 11) is -4.38. The molecule has 0 atom stereocenters. The third-order valence-electron chi connectivity index (χ3n) is 2.02. The van der Waals surface area contributed by atoms with Crippen molar-refractivity contribution < 1.29 is 42.5 Å². The summed E-state index contributed by atoms with van der Waals surface area (Å²) >= 11 is 0. The first kappa shape index (κ1) is 15.6. The maximum Gasteiger partial charge on any atom is 1.00 e. The molecule has 0 unspecified atom stereocenters. The van der Waals surface area contributed by atoms with Gasteiger partial charge < -0.3 is 4.55 Å². The Morgan fingerprint density at radius 2 is 1.50 bits per heavy atom. The average molecular weight is 246 g/mol. The molecule has 0 N–H and O–H groups in total. The van der Waals surface area contributed by atoms with E-state index in [1.165, 1.54) is 6.07 Å². The minimum atomic E-state index is -4.38. The molecule has 2 aromatic rings. The maximum absolute atomic E-state index is 10.9. The number of fused-ring (bicyclic) bond motifs is 1. The number of hydrogen-bond acceptors (Lipinski definition) is 3. The smallest absolute Gasteiger partial charge is 0.744 e. The Kier molecular flexibility index (Phi) is 5.65. The minimum absolute atomic E-state index is 0. The Morgan fingerprint density at radius 1 is 0.938 bits per heavy atom. The fourth-order valence-electron chi connectivity index (χ4n) is 1.41. The largest absolute Gasteiger partial charge is 1.00 e. The fourth-order valence-corrected chi connectivity index (χ4v) is 2.11. The molecule has 0 spiro atoms. The Hall–Kier alpha value is -0.390. The van der Waals surface area contributed by atoms with Crippen LogP contribution >= 0.6 is 0 Å². The van der Waals surface area contributed by atoms with E-state index in [4.69, 9.17) is 0 Å². The van der Waals surface area contributed by atoms with E-state index >= 15 is 0 Å². The SMILES string of the molecule is C.O=S(=O)([O-])c1cccc2ccccc12.[Na+]. The summed E-state index contributed by atoms with van der Waals surface area (Å²) in [5.41, 5.74) is 0. The standard InChI is InChI=1S/C10H8O3S.CH4.Na/c11-14(12,13)10-7-3-5-8-4-1-2-6-9(8)10;;/h1-7H,(H,11,12,13);1H4;/q;;+1/p-1. The van der Waals surface area contributed by atoms with Gasteiger partial charge in [0.1, 0.15) is 10.1 Å². The van der Waals surface area contributed by atoms with E-state index in [2.05, 4.69) is 0 Å². The number of benzene rings is 2. The van der Waals surface area contributed by atoms with Gasteiger partial charge in [0.2, 0.25) is 0 Å². The van der Waals surface area contributed by atoms with Crippen molar-refractivity contribution in [2.75, 3.05) is 0 Å². The second kappa shape index (κ2) is 5.80. The van der Waals surface area contributed by atoms with Crippen LogP contribution in [0.4, 0.5) is 0 Å². The van der Waals surface area contributed by atoms with E-state index in [-0.39, 0.29) is 41.9 Å². The van der Waals surface area contributed by atoms with Gasteiger partial charge in [0.25, 0.3) is 0 Å². The third kappa shape index (κ3) is 3.06. The van der Waals surface area contributed by atoms with Crippen molar-refractivity contribution >= 4 is 20.9 Å². The molecule has 0 radical (unpaired) electrons. The summed E-state index contributed by atoms with van der Waals surface area (Å²) < 4.78 is 32.7. The predicted molar refractivity (Wildman–Crippen MR) is 58.6 cm³/mol. The molecule has 0 heterocycles. The Balaban J connectivity index is 0.00000112. The van der Waals surface area contributed by atoms with Crippen molar-refractivity contribution in [3.63, 3.8) is 0 Å². The Morgan fingerprint density at radius 3 is 2.12 bits per heavy atom. The molecule has 0 bridgehead atoms. The zero-order valence-corrected chi connectivity index (χ0v) is 11.0. The first-order valence-corrected chi connectivity index (χ1v) is 5.43. The van der Waals surface area contributed by atoms with Crippen LogP contribution in [0.25, 0.3) is 10.8 Å². The van der Waals surface area contributed by atoms with E-state index in [1.807, 2.05) is 0 Å². The normalized spacial score (nSPS) is 10.3. The summed E-state index contributed by atoms with van der Waals surface area (Å²) in [6, 6.07) is 11.5. The van der Waals surface area contributed by atoms with Crippen LogP contribution in [0.5, 0.6) is 0 Å². The fraction of sp³-hybridized carbons (Fsp3) is 0.0909. The van der Waals surface area contributed by atoms with Gasteiger partial charge in [-0.2, -0.15) is 0 Å². The Labute approximate surface area is 118 Å². The molecule has 0 fully saturated rings. The number of hydrogen-bond donors (Lipinski definition) is 0. The van der Waals surface area contributed by atoms with Gasteiger partial charge in [-0.25, -0.2) is 8.42 Å². The van der Waals surface area contributed by atoms with E-state index < -0.39 is 10.1 Å². The molecule has 80 valence electrons.